The Bertz CT molecular complexity index is 409. The zero-order chi connectivity index (χ0) is 18.3. The molecule has 24 heavy (non-hydrogen) atoms. The van der Waals surface area contributed by atoms with Crippen molar-refractivity contribution in [2.75, 3.05) is 5.75 Å². The van der Waals surface area contributed by atoms with E-state index in [1.165, 1.54) is 64.2 Å². The van der Waals surface area contributed by atoms with E-state index in [0.29, 0.717) is 6.42 Å². The van der Waals surface area contributed by atoms with E-state index < -0.39 is 21.9 Å². The average molecular weight is 364 g/mol. The second kappa shape index (κ2) is 14.8. The first kappa shape index (κ1) is 23.5. The predicted molar refractivity (Wildman–Crippen MR) is 99.7 cm³/mol. The first-order valence-electron chi connectivity index (χ1n) is 9.60. The van der Waals surface area contributed by atoms with Gasteiger partial charge < -0.3 is 5.73 Å². The molecular formula is C18H37NO4S. The quantitative estimate of drug-likeness (QED) is 0.297. The molecule has 0 saturated carbocycles. The summed E-state index contributed by atoms with van der Waals surface area (Å²) in [4.78, 5) is 11.6. The number of carbonyl (C=O) groups is 1. The average Bonchev–Trinajstić information content (AvgIpc) is 2.50. The third-order valence-corrected chi connectivity index (χ3v) is 5.11. The normalized spacial score (nSPS) is 13.1. The summed E-state index contributed by atoms with van der Waals surface area (Å²) in [6.45, 7) is 2.24. The lowest BCUT2D eigenvalue weighted by Gasteiger charge is -2.08. The summed E-state index contributed by atoms with van der Waals surface area (Å²) in [6, 6.07) is -1.10. The van der Waals surface area contributed by atoms with E-state index in [1.54, 1.807) is 0 Å². The van der Waals surface area contributed by atoms with Crippen molar-refractivity contribution < 1.29 is 17.8 Å². The van der Waals surface area contributed by atoms with Gasteiger partial charge in [-0.25, -0.2) is 0 Å². The number of hydrogen-bond donors (Lipinski definition) is 2. The second-order valence-corrected chi connectivity index (χ2v) is 8.31. The molecule has 0 bridgehead atoms. The summed E-state index contributed by atoms with van der Waals surface area (Å²) < 4.78 is 30.0. The van der Waals surface area contributed by atoms with E-state index in [9.17, 15) is 13.2 Å². The van der Waals surface area contributed by atoms with Crippen molar-refractivity contribution >= 4 is 15.9 Å². The molecule has 3 N–H and O–H groups in total. The summed E-state index contributed by atoms with van der Waals surface area (Å²) in [5.41, 5.74) is 5.46. The van der Waals surface area contributed by atoms with Gasteiger partial charge in [0.1, 0.15) is 0 Å². The highest BCUT2D eigenvalue weighted by Crippen LogP contribution is 2.13. The van der Waals surface area contributed by atoms with Crippen molar-refractivity contribution in [3.05, 3.63) is 0 Å². The van der Waals surface area contributed by atoms with Crippen LogP contribution in [0.3, 0.4) is 0 Å². The summed E-state index contributed by atoms with van der Waals surface area (Å²) in [5.74, 6) is -0.958. The summed E-state index contributed by atoms with van der Waals surface area (Å²) in [7, 11) is -4.17. The fraction of sp³-hybridized carbons (Fsp3) is 0.944. The number of rotatable bonds is 17. The van der Waals surface area contributed by atoms with Gasteiger partial charge in [0, 0.05) is 6.42 Å². The van der Waals surface area contributed by atoms with E-state index in [1.807, 2.05) is 0 Å². The Morgan fingerprint density at radius 1 is 0.833 bits per heavy atom. The molecule has 0 aromatic heterocycles. The molecular weight excluding hydrogens is 326 g/mol. The van der Waals surface area contributed by atoms with Crippen molar-refractivity contribution in [3.63, 3.8) is 0 Å². The Kier molecular flexibility index (Phi) is 14.6. The smallest absolute Gasteiger partial charge is 0.266 e. The van der Waals surface area contributed by atoms with Crippen molar-refractivity contribution in [2.45, 2.75) is 103 Å². The topological polar surface area (TPSA) is 97.5 Å². The molecule has 0 amide bonds. The van der Waals surface area contributed by atoms with Gasteiger partial charge in [0.05, 0.1) is 11.8 Å². The van der Waals surface area contributed by atoms with E-state index in [-0.39, 0.29) is 5.78 Å². The zero-order valence-corrected chi connectivity index (χ0v) is 16.2. The standard InChI is InChI=1S/C18H37NO4S/c1-2-3-4-5-6-7-8-9-10-11-12-13-14-15-18(20)17(19)16-24(21,22)23/h17H,2-16,19H2,1H3,(H,21,22,23). The molecule has 0 aliphatic rings. The number of Topliss-reactive ketones (excluding diaryl/α,β-unsaturated/α-hetero) is 1. The van der Waals surface area contributed by atoms with Gasteiger partial charge in [0.2, 0.25) is 0 Å². The molecule has 0 fully saturated rings. The van der Waals surface area contributed by atoms with Gasteiger partial charge in [-0.05, 0) is 6.42 Å². The van der Waals surface area contributed by atoms with Crippen LogP contribution < -0.4 is 5.73 Å². The van der Waals surface area contributed by atoms with Gasteiger partial charge in [0.15, 0.2) is 5.78 Å². The summed E-state index contributed by atoms with van der Waals surface area (Å²) in [5, 5.41) is 0. The molecule has 1 unspecified atom stereocenters. The van der Waals surface area contributed by atoms with E-state index >= 15 is 0 Å². The lowest BCUT2D eigenvalue weighted by atomic mass is 10.0. The van der Waals surface area contributed by atoms with Gasteiger partial charge in [-0.2, -0.15) is 8.42 Å². The minimum absolute atomic E-state index is 0.282. The highest BCUT2D eigenvalue weighted by atomic mass is 32.2. The van der Waals surface area contributed by atoms with Crippen molar-refractivity contribution in [1.82, 2.24) is 0 Å². The molecule has 144 valence electrons. The first-order chi connectivity index (χ1) is 11.4. The van der Waals surface area contributed by atoms with Crippen LogP contribution in [-0.4, -0.2) is 30.5 Å². The predicted octanol–water partition coefficient (Wildman–Crippen LogP) is 4.25. The molecule has 0 radical (unpaired) electrons. The van der Waals surface area contributed by atoms with Crippen molar-refractivity contribution in [1.29, 1.82) is 0 Å². The van der Waals surface area contributed by atoms with Gasteiger partial charge in [-0.15, -0.1) is 0 Å². The molecule has 6 heteroatoms. The molecule has 0 aliphatic carbocycles. The summed E-state index contributed by atoms with van der Waals surface area (Å²) in [6.07, 6.45) is 16.3. The molecule has 0 heterocycles. The molecule has 5 nitrogen and oxygen atoms in total. The Morgan fingerprint density at radius 3 is 1.58 bits per heavy atom. The van der Waals surface area contributed by atoms with Crippen LogP contribution in [0.25, 0.3) is 0 Å². The maximum Gasteiger partial charge on any atom is 0.266 e. The van der Waals surface area contributed by atoms with Gasteiger partial charge in [0.25, 0.3) is 10.1 Å². The monoisotopic (exact) mass is 363 g/mol. The van der Waals surface area contributed by atoms with Crippen molar-refractivity contribution in [3.8, 4) is 0 Å². The lowest BCUT2D eigenvalue weighted by Crippen LogP contribution is -2.37. The minimum Gasteiger partial charge on any atom is -0.321 e. The third-order valence-electron chi connectivity index (χ3n) is 4.33. The van der Waals surface area contributed by atoms with Gasteiger partial charge >= 0.3 is 0 Å². The fourth-order valence-electron chi connectivity index (χ4n) is 2.82. The first-order valence-corrected chi connectivity index (χ1v) is 11.2. The maximum absolute atomic E-state index is 11.6. The lowest BCUT2D eigenvalue weighted by molar-refractivity contribution is -0.120. The van der Waals surface area contributed by atoms with Gasteiger partial charge in [-0.1, -0.05) is 84.0 Å². The largest absolute Gasteiger partial charge is 0.321 e. The highest BCUT2D eigenvalue weighted by Gasteiger charge is 2.19. The van der Waals surface area contributed by atoms with Crippen LogP contribution in [0.5, 0.6) is 0 Å². The Labute approximate surface area is 148 Å². The Morgan fingerprint density at radius 2 is 1.21 bits per heavy atom. The van der Waals surface area contributed by atoms with Gasteiger partial charge in [-0.3, -0.25) is 9.35 Å². The molecule has 0 aromatic rings. The van der Waals surface area contributed by atoms with Crippen LogP contribution in [0.15, 0.2) is 0 Å². The highest BCUT2D eigenvalue weighted by molar-refractivity contribution is 7.85. The Balaban J connectivity index is 3.34. The van der Waals surface area contributed by atoms with E-state index in [4.69, 9.17) is 10.3 Å². The SMILES string of the molecule is CCCCCCCCCCCCCCCC(=O)C(N)CS(=O)(=O)O. The van der Waals surface area contributed by atoms with Crippen LogP contribution in [0.2, 0.25) is 0 Å². The number of nitrogens with two attached hydrogens (primary N) is 1. The van der Waals surface area contributed by atoms with Crippen molar-refractivity contribution in [2.24, 2.45) is 5.73 Å². The molecule has 0 aliphatic heterocycles. The number of carbonyl (C=O) groups excluding carboxylic acids is 1. The van der Waals surface area contributed by atoms with Crippen LogP contribution in [0.4, 0.5) is 0 Å². The summed E-state index contributed by atoms with van der Waals surface area (Å²) >= 11 is 0. The van der Waals surface area contributed by atoms with Crippen LogP contribution in [0.1, 0.15) is 96.8 Å². The molecule has 0 saturated heterocycles. The zero-order valence-electron chi connectivity index (χ0n) is 15.3. The number of ketones is 1. The Hall–Kier alpha value is -0.460. The molecule has 0 aromatic carbocycles. The van der Waals surface area contributed by atoms with Crippen LogP contribution in [0, 0.1) is 0 Å². The second-order valence-electron chi connectivity index (χ2n) is 6.81. The number of hydrogen-bond acceptors (Lipinski definition) is 4. The van der Waals surface area contributed by atoms with Crippen LogP contribution >= 0.6 is 0 Å². The van der Waals surface area contributed by atoms with Crippen LogP contribution in [-0.2, 0) is 14.9 Å². The molecule has 0 rings (SSSR count). The molecule has 1 atom stereocenters. The third kappa shape index (κ3) is 16.4. The van der Waals surface area contributed by atoms with E-state index in [0.717, 1.165) is 19.3 Å². The van der Waals surface area contributed by atoms with E-state index in [2.05, 4.69) is 6.92 Å². The fourth-order valence-corrected chi connectivity index (χ4v) is 3.46. The number of unbranched alkanes of at least 4 members (excludes halogenated alkanes) is 12. The minimum atomic E-state index is -4.17. The molecule has 0 spiro atoms. The maximum atomic E-state index is 11.6.